The molecule has 2 aromatic heterocycles. The topological polar surface area (TPSA) is 128 Å². The first-order chi connectivity index (χ1) is 14.8. The van der Waals surface area contributed by atoms with E-state index in [1.54, 1.807) is 43.5 Å². The van der Waals surface area contributed by atoms with Gasteiger partial charge in [0.1, 0.15) is 11.3 Å². The Morgan fingerprint density at radius 3 is 2.26 bits per heavy atom. The SMILES string of the molecule is COc1ccc(Nc2ncc3ncc(=O)n(-c4ccc(NS(C)(=O)=O)cc4)c3n2)cc1. The first-order valence-electron chi connectivity index (χ1n) is 9.06. The van der Waals surface area contributed by atoms with Crippen molar-refractivity contribution in [3.63, 3.8) is 0 Å². The fraction of sp³-hybridized carbons (Fsp3) is 0.100. The van der Waals surface area contributed by atoms with E-state index in [9.17, 15) is 13.2 Å². The molecule has 0 bridgehead atoms. The van der Waals surface area contributed by atoms with Gasteiger partial charge < -0.3 is 10.1 Å². The Kier molecular flexibility index (Phi) is 5.26. The fourth-order valence-corrected chi connectivity index (χ4v) is 3.48. The lowest BCUT2D eigenvalue weighted by atomic mass is 10.3. The lowest BCUT2D eigenvalue weighted by molar-refractivity contribution is 0.415. The van der Waals surface area contributed by atoms with Crippen LogP contribution in [-0.4, -0.2) is 41.3 Å². The van der Waals surface area contributed by atoms with E-state index in [-0.39, 0.29) is 11.5 Å². The van der Waals surface area contributed by atoms with E-state index < -0.39 is 10.0 Å². The molecule has 2 heterocycles. The third-order valence-electron chi connectivity index (χ3n) is 4.27. The van der Waals surface area contributed by atoms with E-state index in [2.05, 4.69) is 25.0 Å². The van der Waals surface area contributed by atoms with E-state index in [1.807, 2.05) is 12.1 Å². The lowest BCUT2D eigenvalue weighted by Crippen LogP contribution is -2.20. The first kappa shape index (κ1) is 20.3. The second-order valence-corrected chi connectivity index (χ2v) is 8.36. The number of hydrogen-bond donors (Lipinski definition) is 2. The molecule has 10 nitrogen and oxygen atoms in total. The van der Waals surface area contributed by atoms with Gasteiger partial charge in [0.25, 0.3) is 5.56 Å². The molecule has 0 radical (unpaired) electrons. The van der Waals surface area contributed by atoms with Crippen LogP contribution in [-0.2, 0) is 10.0 Å². The summed E-state index contributed by atoms with van der Waals surface area (Å²) in [6.45, 7) is 0. The van der Waals surface area contributed by atoms with Gasteiger partial charge in [0.2, 0.25) is 16.0 Å². The number of sulfonamides is 1. The summed E-state index contributed by atoms with van der Waals surface area (Å²) in [5.41, 5.74) is 1.99. The zero-order valence-electron chi connectivity index (χ0n) is 16.6. The van der Waals surface area contributed by atoms with Crippen LogP contribution in [0.4, 0.5) is 17.3 Å². The monoisotopic (exact) mass is 438 g/mol. The summed E-state index contributed by atoms with van der Waals surface area (Å²) in [5.74, 6) is 1.01. The van der Waals surface area contributed by atoms with Crippen LogP contribution in [0.3, 0.4) is 0 Å². The smallest absolute Gasteiger partial charge is 0.275 e. The maximum atomic E-state index is 12.6. The van der Waals surface area contributed by atoms with Crippen LogP contribution >= 0.6 is 0 Å². The minimum Gasteiger partial charge on any atom is -0.497 e. The van der Waals surface area contributed by atoms with E-state index >= 15 is 0 Å². The molecule has 0 atom stereocenters. The Bertz CT molecular complexity index is 1400. The Morgan fingerprint density at radius 2 is 1.61 bits per heavy atom. The molecule has 0 amide bonds. The van der Waals surface area contributed by atoms with Gasteiger partial charge in [0.05, 0.1) is 31.4 Å². The van der Waals surface area contributed by atoms with E-state index in [0.29, 0.717) is 22.5 Å². The van der Waals surface area contributed by atoms with Crippen LogP contribution in [0.25, 0.3) is 16.9 Å². The molecule has 31 heavy (non-hydrogen) atoms. The maximum Gasteiger partial charge on any atom is 0.275 e. The van der Waals surface area contributed by atoms with Gasteiger partial charge in [-0.3, -0.25) is 14.1 Å². The number of fused-ring (bicyclic) bond motifs is 1. The molecule has 0 saturated heterocycles. The largest absolute Gasteiger partial charge is 0.497 e. The number of hydrogen-bond acceptors (Lipinski definition) is 8. The highest BCUT2D eigenvalue weighted by Gasteiger charge is 2.11. The molecular formula is C20H18N6O4S. The van der Waals surface area contributed by atoms with Crippen LogP contribution in [0, 0.1) is 0 Å². The predicted octanol–water partition coefficient (Wildman–Crippen LogP) is 2.30. The normalized spacial score (nSPS) is 11.3. The highest BCUT2D eigenvalue weighted by atomic mass is 32.2. The van der Waals surface area contributed by atoms with Crippen molar-refractivity contribution >= 4 is 38.5 Å². The zero-order valence-corrected chi connectivity index (χ0v) is 17.4. The van der Waals surface area contributed by atoms with Crippen LogP contribution in [0.1, 0.15) is 0 Å². The van der Waals surface area contributed by atoms with Gasteiger partial charge in [-0.1, -0.05) is 0 Å². The molecule has 0 saturated carbocycles. The summed E-state index contributed by atoms with van der Waals surface area (Å²) in [7, 11) is -1.81. The number of benzene rings is 2. The van der Waals surface area contributed by atoms with Crippen molar-refractivity contribution in [3.05, 3.63) is 71.3 Å². The van der Waals surface area contributed by atoms with E-state index in [4.69, 9.17) is 4.74 Å². The fourth-order valence-electron chi connectivity index (χ4n) is 2.91. The Labute approximate surface area is 177 Å². The minimum atomic E-state index is -3.40. The second kappa shape index (κ2) is 8.03. The van der Waals surface area contributed by atoms with Crippen molar-refractivity contribution < 1.29 is 13.2 Å². The van der Waals surface area contributed by atoms with Crippen molar-refractivity contribution in [2.75, 3.05) is 23.4 Å². The molecule has 4 aromatic rings. The summed E-state index contributed by atoms with van der Waals surface area (Å²) in [4.78, 5) is 25.4. The summed E-state index contributed by atoms with van der Waals surface area (Å²) < 4.78 is 31.7. The van der Waals surface area contributed by atoms with Crippen LogP contribution < -0.4 is 20.3 Å². The van der Waals surface area contributed by atoms with Gasteiger partial charge in [0, 0.05) is 11.4 Å². The molecule has 0 aliphatic carbocycles. The van der Waals surface area contributed by atoms with Crippen molar-refractivity contribution in [2.24, 2.45) is 0 Å². The molecule has 0 aliphatic rings. The standard InChI is InChI=1S/C20H18N6O4S/c1-30-16-9-5-13(6-10-16)23-20-22-11-17-19(24-20)26(18(27)12-21-17)15-7-3-14(4-8-15)25-31(2,28)29/h3-12,25H,1-2H3,(H,22,23,24). The number of ether oxygens (including phenoxy) is 1. The lowest BCUT2D eigenvalue weighted by Gasteiger charge is -2.11. The number of aromatic nitrogens is 4. The summed E-state index contributed by atoms with van der Waals surface area (Å²) in [6, 6.07) is 13.6. The van der Waals surface area contributed by atoms with Crippen molar-refractivity contribution in [2.45, 2.75) is 0 Å². The van der Waals surface area contributed by atoms with Crippen molar-refractivity contribution in [3.8, 4) is 11.4 Å². The van der Waals surface area contributed by atoms with Gasteiger partial charge >= 0.3 is 0 Å². The van der Waals surface area contributed by atoms with Crippen LogP contribution in [0.15, 0.2) is 65.7 Å². The van der Waals surface area contributed by atoms with Crippen molar-refractivity contribution in [1.29, 1.82) is 0 Å². The number of anilines is 3. The molecule has 158 valence electrons. The van der Waals surface area contributed by atoms with Gasteiger partial charge in [-0.05, 0) is 48.5 Å². The van der Waals surface area contributed by atoms with Crippen LogP contribution in [0.2, 0.25) is 0 Å². The minimum absolute atomic E-state index is 0.286. The summed E-state index contributed by atoms with van der Waals surface area (Å²) in [5, 5.41) is 3.08. The first-order valence-corrected chi connectivity index (χ1v) is 11.0. The molecule has 0 unspecified atom stereocenters. The van der Waals surface area contributed by atoms with E-state index in [0.717, 1.165) is 17.7 Å². The van der Waals surface area contributed by atoms with E-state index in [1.165, 1.54) is 17.0 Å². The van der Waals surface area contributed by atoms with Gasteiger partial charge in [-0.2, -0.15) is 4.98 Å². The molecule has 4 rings (SSSR count). The third-order valence-corrected chi connectivity index (χ3v) is 4.88. The highest BCUT2D eigenvalue weighted by molar-refractivity contribution is 7.92. The Hall–Kier alpha value is -3.99. The highest BCUT2D eigenvalue weighted by Crippen LogP contribution is 2.20. The number of methoxy groups -OCH3 is 1. The average Bonchev–Trinajstić information content (AvgIpc) is 2.74. The average molecular weight is 438 g/mol. The summed E-state index contributed by atoms with van der Waals surface area (Å²) in [6.07, 6.45) is 3.77. The molecule has 2 N–H and O–H groups in total. The van der Waals surface area contributed by atoms with Gasteiger partial charge in [-0.15, -0.1) is 0 Å². The molecule has 0 spiro atoms. The second-order valence-electron chi connectivity index (χ2n) is 6.61. The van der Waals surface area contributed by atoms with Gasteiger partial charge in [-0.25, -0.2) is 18.4 Å². The Morgan fingerprint density at radius 1 is 0.935 bits per heavy atom. The van der Waals surface area contributed by atoms with Gasteiger partial charge in [0.15, 0.2) is 5.65 Å². The predicted molar refractivity (Wildman–Crippen MR) is 118 cm³/mol. The molecule has 11 heteroatoms. The third kappa shape index (κ3) is 4.61. The quantitative estimate of drug-likeness (QED) is 0.469. The zero-order chi connectivity index (χ0) is 22.0. The number of rotatable bonds is 6. The molecule has 0 aliphatic heterocycles. The van der Waals surface area contributed by atoms with Crippen molar-refractivity contribution in [1.82, 2.24) is 19.5 Å². The molecule has 0 fully saturated rings. The molecule has 2 aromatic carbocycles. The van der Waals surface area contributed by atoms with Crippen LogP contribution in [0.5, 0.6) is 5.75 Å². The maximum absolute atomic E-state index is 12.6. The Balaban J connectivity index is 1.73. The number of nitrogens with zero attached hydrogens (tertiary/aromatic N) is 4. The molecular weight excluding hydrogens is 420 g/mol. The number of nitrogens with one attached hydrogen (secondary N) is 2. The summed E-state index contributed by atoms with van der Waals surface area (Å²) >= 11 is 0.